The number of rotatable bonds is 2. The van der Waals surface area contributed by atoms with Crippen molar-refractivity contribution < 1.29 is 22.7 Å². The molecule has 1 aliphatic heterocycles. The fraction of sp³-hybridized carbons (Fsp3) is 0.909. The molecule has 0 aromatic carbocycles. The fourth-order valence-electron chi connectivity index (χ4n) is 1.74. The fourth-order valence-corrected chi connectivity index (χ4v) is 1.74. The van der Waals surface area contributed by atoms with Gasteiger partial charge >= 0.3 is 12.3 Å². The second kappa shape index (κ2) is 5.34. The lowest BCUT2D eigenvalue weighted by molar-refractivity contribution is -0.169. The molecular formula is C11H19F3N2O2. The van der Waals surface area contributed by atoms with Gasteiger partial charge in [-0.1, -0.05) is 0 Å². The highest BCUT2D eigenvalue weighted by molar-refractivity contribution is 5.67. The molecule has 1 amide bonds. The van der Waals surface area contributed by atoms with Crippen LogP contribution in [-0.4, -0.2) is 37.0 Å². The summed E-state index contributed by atoms with van der Waals surface area (Å²) in [6.07, 6.45) is -4.80. The maximum absolute atomic E-state index is 12.4. The molecule has 4 nitrogen and oxygen atoms in total. The van der Waals surface area contributed by atoms with Crippen molar-refractivity contribution in [2.75, 3.05) is 13.1 Å². The lowest BCUT2D eigenvalue weighted by Gasteiger charge is -2.20. The third-order valence-corrected chi connectivity index (χ3v) is 2.58. The third kappa shape index (κ3) is 5.12. The van der Waals surface area contributed by atoms with Crippen LogP contribution in [0.15, 0.2) is 0 Å². The average Bonchev–Trinajstić information content (AvgIpc) is 2.59. The number of amides is 1. The van der Waals surface area contributed by atoms with Gasteiger partial charge in [-0.3, -0.25) is 0 Å². The van der Waals surface area contributed by atoms with Crippen molar-refractivity contribution in [1.29, 1.82) is 0 Å². The Morgan fingerprint density at radius 1 is 1.39 bits per heavy atom. The first-order chi connectivity index (χ1) is 8.08. The normalized spacial score (nSPS) is 25.0. The van der Waals surface area contributed by atoms with Crippen LogP contribution in [0.1, 0.15) is 27.2 Å². The maximum atomic E-state index is 12.4. The summed E-state index contributed by atoms with van der Waals surface area (Å²) in [6, 6.07) is -0.357. The summed E-state index contributed by atoms with van der Waals surface area (Å²) in [6.45, 7) is 5.21. The molecule has 7 heteroatoms. The molecule has 0 aromatic rings. The number of nitrogens with one attached hydrogen (secondary N) is 2. The second-order valence-electron chi connectivity index (χ2n) is 5.46. The van der Waals surface area contributed by atoms with E-state index >= 15 is 0 Å². The molecule has 106 valence electrons. The van der Waals surface area contributed by atoms with Crippen molar-refractivity contribution in [2.45, 2.75) is 45.0 Å². The molecule has 1 heterocycles. The zero-order valence-electron chi connectivity index (χ0n) is 10.7. The zero-order chi connectivity index (χ0) is 14.0. The van der Waals surface area contributed by atoms with Gasteiger partial charge < -0.3 is 15.4 Å². The Hall–Kier alpha value is -0.980. The number of alkyl carbamates (subject to hydrolysis) is 1. The molecule has 0 spiro atoms. The molecule has 1 fully saturated rings. The van der Waals surface area contributed by atoms with Crippen molar-refractivity contribution in [1.82, 2.24) is 10.6 Å². The Bertz CT molecular complexity index is 300. The van der Waals surface area contributed by atoms with Crippen molar-refractivity contribution in [3.05, 3.63) is 0 Å². The van der Waals surface area contributed by atoms with E-state index in [0.29, 0.717) is 0 Å². The topological polar surface area (TPSA) is 50.4 Å². The first kappa shape index (κ1) is 15.1. The molecular weight excluding hydrogens is 249 g/mol. The van der Waals surface area contributed by atoms with Crippen molar-refractivity contribution in [2.24, 2.45) is 5.92 Å². The van der Waals surface area contributed by atoms with Gasteiger partial charge in [0, 0.05) is 19.1 Å². The summed E-state index contributed by atoms with van der Waals surface area (Å²) in [5, 5.41) is 5.20. The highest BCUT2D eigenvalue weighted by Gasteiger charge is 2.43. The minimum atomic E-state index is -4.17. The molecule has 2 atom stereocenters. The zero-order valence-corrected chi connectivity index (χ0v) is 10.7. The van der Waals surface area contributed by atoms with Gasteiger partial charge in [-0.2, -0.15) is 13.2 Å². The maximum Gasteiger partial charge on any atom is 0.407 e. The number of halogens is 3. The third-order valence-electron chi connectivity index (χ3n) is 2.58. The Morgan fingerprint density at radius 3 is 2.44 bits per heavy atom. The van der Waals surface area contributed by atoms with Crippen LogP contribution in [0.4, 0.5) is 18.0 Å². The van der Waals surface area contributed by atoms with Gasteiger partial charge in [0.15, 0.2) is 0 Å². The second-order valence-corrected chi connectivity index (χ2v) is 5.46. The van der Waals surface area contributed by atoms with E-state index in [1.165, 1.54) is 0 Å². The van der Waals surface area contributed by atoms with Crippen LogP contribution in [0.25, 0.3) is 0 Å². The van der Waals surface area contributed by atoms with Gasteiger partial charge in [0.2, 0.25) is 0 Å². The quantitative estimate of drug-likeness (QED) is 0.806. The SMILES string of the molecule is CC(C)(C)OC(=O)NC[C@H]1C[C@@H](C(F)(F)F)CN1. The molecule has 0 bridgehead atoms. The molecule has 18 heavy (non-hydrogen) atoms. The Morgan fingerprint density at radius 2 is 2.00 bits per heavy atom. The highest BCUT2D eigenvalue weighted by Crippen LogP contribution is 2.32. The van der Waals surface area contributed by atoms with Crippen molar-refractivity contribution in [3.63, 3.8) is 0 Å². The largest absolute Gasteiger partial charge is 0.444 e. The first-order valence-corrected chi connectivity index (χ1v) is 5.85. The number of carbonyl (C=O) groups is 1. The number of hydrogen-bond donors (Lipinski definition) is 2. The van der Waals surface area contributed by atoms with E-state index in [9.17, 15) is 18.0 Å². The van der Waals surface area contributed by atoms with Gasteiger partial charge in [0.25, 0.3) is 0 Å². The number of alkyl halides is 3. The van der Waals surface area contributed by atoms with E-state index in [0.717, 1.165) is 0 Å². The van der Waals surface area contributed by atoms with Crippen LogP contribution in [0.2, 0.25) is 0 Å². The van der Waals surface area contributed by atoms with Gasteiger partial charge in [-0.25, -0.2) is 4.79 Å². The number of hydrogen-bond acceptors (Lipinski definition) is 3. The Kier molecular flexibility index (Phi) is 4.47. The highest BCUT2D eigenvalue weighted by atomic mass is 19.4. The van der Waals surface area contributed by atoms with Crippen LogP contribution in [0.3, 0.4) is 0 Å². The molecule has 1 saturated heterocycles. The number of ether oxygens (including phenoxy) is 1. The van der Waals surface area contributed by atoms with Gasteiger partial charge in [0.05, 0.1) is 5.92 Å². The van der Waals surface area contributed by atoms with E-state index in [1.807, 2.05) is 0 Å². The standard InChI is InChI=1S/C11H19F3N2O2/c1-10(2,3)18-9(17)16-6-8-4-7(5-15-8)11(12,13)14/h7-8,15H,4-6H2,1-3H3,(H,16,17)/t7-,8-/m1/s1. The molecule has 0 aromatic heterocycles. The smallest absolute Gasteiger partial charge is 0.407 e. The van der Waals surface area contributed by atoms with Gasteiger partial charge in [0.1, 0.15) is 5.60 Å². The van der Waals surface area contributed by atoms with Crippen molar-refractivity contribution >= 4 is 6.09 Å². The van der Waals surface area contributed by atoms with E-state index in [1.54, 1.807) is 20.8 Å². The number of carbonyl (C=O) groups excluding carboxylic acids is 1. The van der Waals surface area contributed by atoms with Crippen LogP contribution in [0.5, 0.6) is 0 Å². The molecule has 0 unspecified atom stereocenters. The summed E-state index contributed by atoms with van der Waals surface area (Å²) in [5.74, 6) is -1.33. The molecule has 2 N–H and O–H groups in total. The van der Waals surface area contributed by atoms with Crippen LogP contribution < -0.4 is 10.6 Å². The minimum Gasteiger partial charge on any atom is -0.444 e. The molecule has 0 saturated carbocycles. The Labute approximate surface area is 104 Å². The first-order valence-electron chi connectivity index (χ1n) is 5.85. The van der Waals surface area contributed by atoms with Gasteiger partial charge in [-0.15, -0.1) is 0 Å². The summed E-state index contributed by atoms with van der Waals surface area (Å²) in [7, 11) is 0. The summed E-state index contributed by atoms with van der Waals surface area (Å²) in [4.78, 5) is 11.3. The predicted octanol–water partition coefficient (Wildman–Crippen LogP) is 2.05. The van der Waals surface area contributed by atoms with E-state index in [-0.39, 0.29) is 25.6 Å². The molecule has 1 rings (SSSR count). The van der Waals surface area contributed by atoms with Crippen LogP contribution >= 0.6 is 0 Å². The predicted molar refractivity (Wildman–Crippen MR) is 60.2 cm³/mol. The molecule has 0 radical (unpaired) electrons. The van der Waals surface area contributed by atoms with E-state index < -0.39 is 23.8 Å². The monoisotopic (exact) mass is 268 g/mol. The van der Waals surface area contributed by atoms with Crippen molar-refractivity contribution in [3.8, 4) is 0 Å². The summed E-state index contributed by atoms with van der Waals surface area (Å²) in [5.41, 5.74) is -0.609. The van der Waals surface area contributed by atoms with E-state index in [4.69, 9.17) is 4.74 Å². The Balaban J connectivity index is 2.28. The van der Waals surface area contributed by atoms with Gasteiger partial charge in [-0.05, 0) is 27.2 Å². The lowest BCUT2D eigenvalue weighted by atomic mass is 10.1. The average molecular weight is 268 g/mol. The van der Waals surface area contributed by atoms with Crippen LogP contribution in [0, 0.1) is 5.92 Å². The van der Waals surface area contributed by atoms with Crippen LogP contribution in [-0.2, 0) is 4.74 Å². The van der Waals surface area contributed by atoms with E-state index in [2.05, 4.69) is 10.6 Å². The minimum absolute atomic E-state index is 0.0146. The molecule has 0 aliphatic carbocycles. The lowest BCUT2D eigenvalue weighted by Crippen LogP contribution is -2.39. The summed E-state index contributed by atoms with van der Waals surface area (Å²) < 4.78 is 42.2. The summed E-state index contributed by atoms with van der Waals surface area (Å²) >= 11 is 0. The molecule has 1 aliphatic rings.